The fraction of sp³-hybridized carbons (Fsp3) is 0.381. The van der Waals surface area contributed by atoms with Crippen LogP contribution in [0.2, 0.25) is 10.0 Å². The van der Waals surface area contributed by atoms with Gasteiger partial charge in [-0.1, -0.05) is 53.5 Å². The van der Waals surface area contributed by atoms with E-state index < -0.39 is 0 Å². The lowest BCUT2D eigenvalue weighted by Gasteiger charge is -2.40. The molecule has 0 radical (unpaired) electrons. The van der Waals surface area contributed by atoms with Gasteiger partial charge in [-0.15, -0.1) is 0 Å². The third kappa shape index (κ3) is 3.13. The summed E-state index contributed by atoms with van der Waals surface area (Å²) in [5, 5.41) is 0.989. The molecule has 1 saturated heterocycles. The van der Waals surface area contributed by atoms with Crippen LogP contribution < -0.4 is 0 Å². The number of hydrogen-bond acceptors (Lipinski definition) is 2. The number of rotatable bonds is 3. The first-order valence-corrected chi connectivity index (χ1v) is 9.84. The number of hydrogen-bond donors (Lipinski definition) is 0. The lowest BCUT2D eigenvalue weighted by molar-refractivity contribution is -0.134. The van der Waals surface area contributed by atoms with Gasteiger partial charge >= 0.3 is 0 Å². The number of likely N-dealkylation sites (tertiary alicyclic amines) is 1. The number of fused-ring (bicyclic) bond motifs is 1. The fourth-order valence-corrected chi connectivity index (χ4v) is 4.53. The Morgan fingerprint density at radius 3 is 2.38 bits per heavy atom. The molecule has 0 bridgehead atoms. The minimum atomic E-state index is -0.333. The van der Waals surface area contributed by atoms with E-state index in [2.05, 4.69) is 23.1 Å². The minimum absolute atomic E-state index is 0.0934. The molecule has 1 fully saturated rings. The van der Waals surface area contributed by atoms with E-state index in [0.29, 0.717) is 10.0 Å². The number of likely N-dealkylation sites (N-methyl/N-ethyl adjacent to an activating group) is 1. The molecule has 0 aromatic heterocycles. The average Bonchev–Trinajstić information content (AvgIpc) is 3.15. The van der Waals surface area contributed by atoms with Crippen molar-refractivity contribution in [1.29, 1.82) is 0 Å². The molecule has 136 valence electrons. The van der Waals surface area contributed by atoms with Crippen LogP contribution in [0.25, 0.3) is 0 Å². The lowest BCUT2D eigenvalue weighted by atomic mass is 9.81. The van der Waals surface area contributed by atoms with Gasteiger partial charge in [-0.3, -0.25) is 4.79 Å². The van der Waals surface area contributed by atoms with Gasteiger partial charge in [0.25, 0.3) is 0 Å². The Bertz CT molecular complexity index is 833. The van der Waals surface area contributed by atoms with Gasteiger partial charge in [0.05, 0.1) is 22.0 Å². The fourth-order valence-electron chi connectivity index (χ4n) is 4.22. The number of halogens is 2. The van der Waals surface area contributed by atoms with Gasteiger partial charge in [-0.2, -0.15) is 0 Å². The van der Waals surface area contributed by atoms with E-state index in [-0.39, 0.29) is 17.9 Å². The third-order valence-corrected chi connectivity index (χ3v) is 6.37. The summed E-state index contributed by atoms with van der Waals surface area (Å²) in [6.45, 7) is 3.14. The second-order valence-electron chi connectivity index (χ2n) is 7.21. The first-order valence-electron chi connectivity index (χ1n) is 9.09. The molecule has 2 heterocycles. The van der Waals surface area contributed by atoms with Crippen molar-refractivity contribution in [2.24, 2.45) is 0 Å². The molecule has 2 aromatic rings. The van der Waals surface area contributed by atoms with Gasteiger partial charge in [-0.25, -0.2) is 0 Å². The molecule has 0 unspecified atom stereocenters. The van der Waals surface area contributed by atoms with Crippen LogP contribution in [0, 0.1) is 0 Å². The van der Waals surface area contributed by atoms with Gasteiger partial charge in [0.1, 0.15) is 0 Å². The maximum atomic E-state index is 13.3. The van der Waals surface area contributed by atoms with Gasteiger partial charge in [0, 0.05) is 13.6 Å². The predicted molar refractivity (Wildman–Crippen MR) is 106 cm³/mol. The minimum Gasteiger partial charge on any atom is -0.337 e. The Morgan fingerprint density at radius 1 is 1.00 bits per heavy atom. The molecule has 0 saturated carbocycles. The van der Waals surface area contributed by atoms with Gasteiger partial charge in [0.15, 0.2) is 0 Å². The highest BCUT2D eigenvalue weighted by molar-refractivity contribution is 6.42. The second kappa shape index (κ2) is 7.22. The van der Waals surface area contributed by atoms with Gasteiger partial charge in [-0.05, 0) is 54.8 Å². The normalized spacial score (nSPS) is 23.3. The lowest BCUT2D eigenvalue weighted by Crippen LogP contribution is -2.45. The molecule has 0 N–H and O–H groups in total. The van der Waals surface area contributed by atoms with Crippen LogP contribution in [0.5, 0.6) is 0 Å². The number of amides is 1. The van der Waals surface area contributed by atoms with Gasteiger partial charge < -0.3 is 9.80 Å². The largest absolute Gasteiger partial charge is 0.337 e. The molecular weight excluding hydrogens is 367 g/mol. The number of carbonyl (C=O) groups is 1. The third-order valence-electron chi connectivity index (χ3n) is 5.63. The van der Waals surface area contributed by atoms with Crippen molar-refractivity contribution in [3.63, 3.8) is 0 Å². The van der Waals surface area contributed by atoms with Crippen LogP contribution in [0.3, 0.4) is 0 Å². The summed E-state index contributed by atoms with van der Waals surface area (Å²) >= 11 is 12.3. The van der Waals surface area contributed by atoms with Crippen molar-refractivity contribution in [3.8, 4) is 0 Å². The molecule has 2 atom stereocenters. The molecule has 26 heavy (non-hydrogen) atoms. The zero-order chi connectivity index (χ0) is 18.3. The van der Waals surface area contributed by atoms with E-state index in [9.17, 15) is 4.79 Å². The monoisotopic (exact) mass is 388 g/mol. The molecule has 2 aliphatic heterocycles. The Hall–Kier alpha value is -1.55. The van der Waals surface area contributed by atoms with Crippen LogP contribution >= 0.6 is 23.2 Å². The van der Waals surface area contributed by atoms with Crippen LogP contribution in [-0.2, 0) is 4.79 Å². The van der Waals surface area contributed by atoms with E-state index in [1.165, 1.54) is 18.4 Å². The van der Waals surface area contributed by atoms with Crippen molar-refractivity contribution >= 4 is 29.1 Å². The molecule has 3 nitrogen and oxygen atoms in total. The molecular formula is C21H22Cl2N2O. The van der Waals surface area contributed by atoms with Crippen LogP contribution in [-0.4, -0.2) is 42.4 Å². The summed E-state index contributed by atoms with van der Waals surface area (Å²) in [6, 6.07) is 13.9. The zero-order valence-corrected chi connectivity index (χ0v) is 16.3. The van der Waals surface area contributed by atoms with Crippen molar-refractivity contribution < 1.29 is 4.79 Å². The summed E-state index contributed by atoms with van der Waals surface area (Å²) in [6.07, 6.45) is 2.50. The van der Waals surface area contributed by atoms with Crippen molar-refractivity contribution in [2.75, 3.05) is 26.7 Å². The van der Waals surface area contributed by atoms with Crippen molar-refractivity contribution in [2.45, 2.75) is 24.8 Å². The first kappa shape index (κ1) is 17.8. The van der Waals surface area contributed by atoms with Crippen LogP contribution in [0.1, 0.15) is 41.5 Å². The zero-order valence-electron chi connectivity index (χ0n) is 14.8. The quantitative estimate of drug-likeness (QED) is 0.758. The van der Waals surface area contributed by atoms with E-state index in [1.54, 1.807) is 6.07 Å². The summed E-state index contributed by atoms with van der Waals surface area (Å²) in [4.78, 5) is 17.7. The van der Waals surface area contributed by atoms with Crippen LogP contribution in [0.15, 0.2) is 42.5 Å². The Labute approximate surface area is 164 Å². The van der Waals surface area contributed by atoms with E-state index in [0.717, 1.165) is 30.8 Å². The summed E-state index contributed by atoms with van der Waals surface area (Å²) < 4.78 is 0. The van der Waals surface area contributed by atoms with E-state index >= 15 is 0 Å². The summed E-state index contributed by atoms with van der Waals surface area (Å²) in [7, 11) is 1.92. The summed E-state index contributed by atoms with van der Waals surface area (Å²) in [5.41, 5.74) is 3.21. The Kier molecular flexibility index (Phi) is 4.96. The highest BCUT2D eigenvalue weighted by Crippen LogP contribution is 2.41. The summed E-state index contributed by atoms with van der Waals surface area (Å²) in [5.74, 6) is -0.216. The first-order chi connectivity index (χ1) is 12.6. The SMILES string of the molecule is CN1C(=O)[C@H](c2ccc(Cl)c(Cl)c2)c2ccccc2[C@H]1CN1CCCC1. The number of benzene rings is 2. The van der Waals surface area contributed by atoms with Crippen molar-refractivity contribution in [3.05, 3.63) is 69.2 Å². The topological polar surface area (TPSA) is 23.6 Å². The van der Waals surface area contributed by atoms with E-state index in [1.807, 2.05) is 30.1 Å². The van der Waals surface area contributed by atoms with Crippen molar-refractivity contribution in [1.82, 2.24) is 9.80 Å². The van der Waals surface area contributed by atoms with E-state index in [4.69, 9.17) is 23.2 Å². The molecule has 0 spiro atoms. The van der Waals surface area contributed by atoms with Crippen LogP contribution in [0.4, 0.5) is 0 Å². The molecule has 5 heteroatoms. The highest BCUT2D eigenvalue weighted by atomic mass is 35.5. The van der Waals surface area contributed by atoms with Gasteiger partial charge in [0.2, 0.25) is 5.91 Å². The maximum absolute atomic E-state index is 13.3. The molecule has 2 aliphatic rings. The smallest absolute Gasteiger partial charge is 0.234 e. The highest BCUT2D eigenvalue weighted by Gasteiger charge is 2.39. The number of carbonyl (C=O) groups excluding carboxylic acids is 1. The standard InChI is InChI=1S/C21H22Cl2N2O/c1-24-19(13-25-10-4-5-11-25)15-6-2-3-7-16(15)20(21(24)26)14-8-9-17(22)18(23)12-14/h2-3,6-9,12,19-20H,4-5,10-11,13H2,1H3/t19-,20-/m1/s1. The predicted octanol–water partition coefficient (Wildman–Crippen LogP) is 4.73. The molecule has 0 aliphatic carbocycles. The Morgan fingerprint density at radius 2 is 1.69 bits per heavy atom. The second-order valence-corrected chi connectivity index (χ2v) is 8.02. The molecule has 4 rings (SSSR count). The maximum Gasteiger partial charge on any atom is 0.234 e. The molecule has 1 amide bonds. The average molecular weight is 389 g/mol. The Balaban J connectivity index is 1.76. The molecule has 2 aromatic carbocycles. The number of nitrogens with zero attached hydrogens (tertiary/aromatic N) is 2.